The smallest absolute Gasteiger partial charge is 0.387 e. The molecule has 3 aromatic heterocycles. The van der Waals surface area contributed by atoms with E-state index < -0.39 is 11.7 Å². The van der Waals surface area contributed by atoms with Crippen LogP contribution >= 0.6 is 11.8 Å². The minimum atomic E-state index is -0.718. The number of hydrogen-bond donors (Lipinski definition) is 1. The number of aryl methyl sites for hydroxylation is 1. The van der Waals surface area contributed by atoms with Gasteiger partial charge >= 0.3 is 5.76 Å². The fourth-order valence-corrected chi connectivity index (χ4v) is 3.31. The van der Waals surface area contributed by atoms with Gasteiger partial charge in [0.05, 0.1) is 11.3 Å². The van der Waals surface area contributed by atoms with E-state index in [-0.39, 0.29) is 17.9 Å². The number of pyridine rings is 1. The molecule has 0 atom stereocenters. The Kier molecular flexibility index (Phi) is 6.25. The number of rotatable bonds is 7. The Morgan fingerprint density at radius 3 is 2.80 bits per heavy atom. The summed E-state index contributed by atoms with van der Waals surface area (Å²) in [7, 11) is 1.75. The van der Waals surface area contributed by atoms with Gasteiger partial charge < -0.3 is 9.73 Å². The SMILES string of the molecule is C=CCSc1ncccc1-c1nn(CC(=O)Nc2cc(C(C)(C)C)nn2C)c(=O)o1. The minimum Gasteiger partial charge on any atom is -0.387 e. The number of nitrogens with one attached hydrogen (secondary N) is 1. The average molecular weight is 429 g/mol. The van der Waals surface area contributed by atoms with Crippen LogP contribution in [-0.4, -0.2) is 36.2 Å². The second-order valence-corrected chi connectivity index (χ2v) is 8.63. The molecule has 3 heterocycles. The maximum Gasteiger partial charge on any atom is 0.437 e. The van der Waals surface area contributed by atoms with Gasteiger partial charge in [0.15, 0.2) is 0 Å². The number of thioether (sulfide) groups is 1. The van der Waals surface area contributed by atoms with Crippen LogP contribution < -0.4 is 11.1 Å². The van der Waals surface area contributed by atoms with Crippen LogP contribution in [0.2, 0.25) is 0 Å². The molecular weight excluding hydrogens is 404 g/mol. The molecule has 0 bridgehead atoms. The molecule has 0 aromatic carbocycles. The summed E-state index contributed by atoms with van der Waals surface area (Å²) in [6.45, 7) is 9.53. The van der Waals surface area contributed by atoms with Crippen LogP contribution in [-0.2, 0) is 23.8 Å². The van der Waals surface area contributed by atoms with Crippen molar-refractivity contribution in [3.63, 3.8) is 0 Å². The van der Waals surface area contributed by atoms with Crippen LogP contribution in [0.5, 0.6) is 0 Å². The molecule has 10 heteroatoms. The third kappa shape index (κ3) is 4.88. The Hall–Kier alpha value is -3.14. The highest BCUT2D eigenvalue weighted by atomic mass is 32.2. The summed E-state index contributed by atoms with van der Waals surface area (Å²) in [6.07, 6.45) is 3.41. The van der Waals surface area contributed by atoms with Crippen LogP contribution in [0.1, 0.15) is 26.5 Å². The molecule has 0 saturated carbocycles. The van der Waals surface area contributed by atoms with Crippen molar-refractivity contribution < 1.29 is 9.21 Å². The van der Waals surface area contributed by atoms with Crippen molar-refractivity contribution in [2.24, 2.45) is 7.05 Å². The van der Waals surface area contributed by atoms with E-state index in [4.69, 9.17) is 4.42 Å². The third-order valence-electron chi connectivity index (χ3n) is 4.15. The van der Waals surface area contributed by atoms with E-state index in [9.17, 15) is 9.59 Å². The summed E-state index contributed by atoms with van der Waals surface area (Å²) < 4.78 is 7.84. The number of nitrogens with zero attached hydrogens (tertiary/aromatic N) is 5. The van der Waals surface area contributed by atoms with Crippen LogP contribution in [0.3, 0.4) is 0 Å². The molecular formula is C20H24N6O3S. The van der Waals surface area contributed by atoms with Crippen molar-refractivity contribution in [2.75, 3.05) is 11.1 Å². The zero-order chi connectivity index (χ0) is 21.9. The van der Waals surface area contributed by atoms with Gasteiger partial charge in [0.2, 0.25) is 5.91 Å². The van der Waals surface area contributed by atoms with Crippen molar-refractivity contribution in [3.8, 4) is 11.5 Å². The van der Waals surface area contributed by atoms with Gasteiger partial charge in [-0.05, 0) is 12.1 Å². The molecule has 3 aromatic rings. The van der Waals surface area contributed by atoms with Crippen LogP contribution in [0.25, 0.3) is 11.5 Å². The molecule has 158 valence electrons. The molecule has 0 fully saturated rings. The first-order valence-electron chi connectivity index (χ1n) is 9.30. The van der Waals surface area contributed by atoms with E-state index in [1.807, 2.05) is 26.8 Å². The van der Waals surface area contributed by atoms with Crippen LogP contribution in [0.4, 0.5) is 5.82 Å². The third-order valence-corrected chi connectivity index (χ3v) is 5.16. The lowest BCUT2D eigenvalue weighted by atomic mass is 9.92. The number of carbonyl (C=O) groups excluding carboxylic acids is 1. The van der Waals surface area contributed by atoms with E-state index in [0.717, 1.165) is 10.4 Å². The Morgan fingerprint density at radius 1 is 1.37 bits per heavy atom. The predicted octanol–water partition coefficient (Wildman–Crippen LogP) is 2.85. The lowest BCUT2D eigenvalue weighted by Gasteiger charge is -2.13. The Bertz CT molecular complexity index is 1120. The average Bonchev–Trinajstić information content (AvgIpc) is 3.23. The van der Waals surface area contributed by atoms with Crippen LogP contribution in [0.15, 0.2) is 51.3 Å². The quantitative estimate of drug-likeness (QED) is 0.455. The van der Waals surface area contributed by atoms with Gasteiger partial charge in [-0.2, -0.15) is 9.78 Å². The van der Waals surface area contributed by atoms with Crippen molar-refractivity contribution in [1.29, 1.82) is 0 Å². The number of amides is 1. The maximum absolute atomic E-state index is 12.5. The van der Waals surface area contributed by atoms with E-state index in [0.29, 0.717) is 22.2 Å². The van der Waals surface area contributed by atoms with Gasteiger partial charge in [0, 0.05) is 30.5 Å². The molecule has 0 unspecified atom stereocenters. The van der Waals surface area contributed by atoms with E-state index in [1.54, 1.807) is 36.1 Å². The summed E-state index contributed by atoms with van der Waals surface area (Å²) in [6, 6.07) is 5.31. The first-order chi connectivity index (χ1) is 14.2. The van der Waals surface area contributed by atoms with E-state index in [2.05, 4.69) is 27.1 Å². The van der Waals surface area contributed by atoms with Gasteiger partial charge in [0.1, 0.15) is 17.4 Å². The molecule has 0 spiro atoms. The van der Waals surface area contributed by atoms with Crippen molar-refractivity contribution in [3.05, 3.63) is 53.3 Å². The van der Waals surface area contributed by atoms with Crippen LogP contribution in [0, 0.1) is 0 Å². The Balaban J connectivity index is 1.77. The standard InChI is InChI=1S/C20H24N6O3S/c1-6-10-30-18-13(8-7-9-21-18)17-24-26(19(28)29-17)12-16(27)22-15-11-14(20(2,3)4)23-25(15)5/h6-9,11H,1,10,12H2,2-5H3,(H,22,27). The molecule has 0 radical (unpaired) electrons. The summed E-state index contributed by atoms with van der Waals surface area (Å²) in [5, 5.41) is 12.0. The fourth-order valence-electron chi connectivity index (χ4n) is 2.59. The maximum atomic E-state index is 12.5. The van der Waals surface area contributed by atoms with Gasteiger partial charge in [-0.3, -0.25) is 9.48 Å². The molecule has 3 rings (SSSR count). The number of hydrogen-bond acceptors (Lipinski definition) is 7. The Morgan fingerprint density at radius 2 is 2.13 bits per heavy atom. The molecule has 0 aliphatic carbocycles. The summed E-state index contributed by atoms with van der Waals surface area (Å²) in [5.74, 6) is 0.176. The summed E-state index contributed by atoms with van der Waals surface area (Å²) in [4.78, 5) is 29.0. The van der Waals surface area contributed by atoms with Gasteiger partial charge in [-0.15, -0.1) is 23.4 Å². The zero-order valence-corrected chi connectivity index (χ0v) is 18.2. The monoisotopic (exact) mass is 428 g/mol. The van der Waals surface area contributed by atoms with E-state index >= 15 is 0 Å². The molecule has 1 amide bonds. The topological polar surface area (TPSA) is 108 Å². The number of aromatic nitrogens is 5. The highest BCUT2D eigenvalue weighted by Gasteiger charge is 2.21. The second kappa shape index (κ2) is 8.70. The lowest BCUT2D eigenvalue weighted by Crippen LogP contribution is -2.26. The van der Waals surface area contributed by atoms with Crippen molar-refractivity contribution >= 4 is 23.5 Å². The number of anilines is 1. The zero-order valence-electron chi connectivity index (χ0n) is 17.4. The molecule has 1 N–H and O–H groups in total. The fraction of sp³-hybridized carbons (Fsp3) is 0.350. The second-order valence-electron chi connectivity index (χ2n) is 7.62. The summed E-state index contributed by atoms with van der Waals surface area (Å²) >= 11 is 1.45. The highest BCUT2D eigenvalue weighted by molar-refractivity contribution is 7.99. The Labute approximate surface area is 178 Å². The van der Waals surface area contributed by atoms with Crippen molar-refractivity contribution in [2.45, 2.75) is 37.8 Å². The first-order valence-corrected chi connectivity index (χ1v) is 10.3. The van der Waals surface area contributed by atoms with E-state index in [1.165, 1.54) is 11.8 Å². The molecule has 0 aliphatic rings. The number of carbonyl (C=O) groups is 1. The largest absolute Gasteiger partial charge is 0.437 e. The molecule has 30 heavy (non-hydrogen) atoms. The van der Waals surface area contributed by atoms with Gasteiger partial charge in [0.25, 0.3) is 5.89 Å². The molecule has 9 nitrogen and oxygen atoms in total. The normalized spacial score (nSPS) is 11.5. The molecule has 0 aliphatic heterocycles. The summed E-state index contributed by atoms with van der Waals surface area (Å²) in [5.41, 5.74) is 1.29. The van der Waals surface area contributed by atoms with Gasteiger partial charge in [-0.25, -0.2) is 9.78 Å². The molecule has 0 saturated heterocycles. The minimum absolute atomic E-state index is 0.114. The lowest BCUT2D eigenvalue weighted by molar-refractivity contribution is -0.117. The predicted molar refractivity (Wildman–Crippen MR) is 115 cm³/mol. The van der Waals surface area contributed by atoms with Gasteiger partial charge in [-0.1, -0.05) is 26.8 Å². The van der Waals surface area contributed by atoms with Crippen molar-refractivity contribution in [1.82, 2.24) is 24.5 Å². The first kappa shape index (κ1) is 21.6. The highest BCUT2D eigenvalue weighted by Crippen LogP contribution is 2.27.